The van der Waals surface area contributed by atoms with Crippen LogP contribution in [0.1, 0.15) is 37.7 Å². The van der Waals surface area contributed by atoms with Gasteiger partial charge in [0.1, 0.15) is 12.7 Å². The maximum atomic E-state index is 9.10. The van der Waals surface area contributed by atoms with Crippen molar-refractivity contribution in [2.45, 2.75) is 44.6 Å². The number of aromatic amines is 1. The normalized spacial score (nSPS) is 18.6. The second-order valence-electron chi connectivity index (χ2n) is 7.57. The second kappa shape index (κ2) is 10.0. The van der Waals surface area contributed by atoms with Gasteiger partial charge in [-0.25, -0.2) is 9.59 Å². The van der Waals surface area contributed by atoms with E-state index in [0.29, 0.717) is 0 Å². The number of carboxylic acids is 2. The molecule has 0 saturated heterocycles. The van der Waals surface area contributed by atoms with E-state index in [9.17, 15) is 0 Å². The zero-order chi connectivity index (χ0) is 21.5. The third kappa shape index (κ3) is 5.44. The van der Waals surface area contributed by atoms with Crippen LogP contribution in [0, 0.1) is 5.92 Å². The summed E-state index contributed by atoms with van der Waals surface area (Å²) in [4.78, 5) is 21.6. The van der Waals surface area contributed by atoms with Crippen molar-refractivity contribution >= 4 is 22.8 Å². The van der Waals surface area contributed by atoms with Gasteiger partial charge in [0, 0.05) is 28.8 Å². The van der Waals surface area contributed by atoms with Crippen molar-refractivity contribution in [2.75, 3.05) is 7.05 Å². The van der Waals surface area contributed by atoms with E-state index in [1.54, 1.807) is 12.7 Å². The maximum absolute atomic E-state index is 9.10. The number of H-pyrrole nitrogens is 1. The highest BCUT2D eigenvalue weighted by molar-refractivity contribution is 6.27. The Balaban J connectivity index is 0.000000377. The standard InChI is InChI=1S/C19H25N5.C2H2O4/c1-20-16-6-3-14(4-7-16)2-5-15-11-21-19-9-8-17(10-18(15)19)24-12-22-23-13-24;3-1(4)2(5)6/h8-14,16,20-21H,2-7H2,1H3;(H,3,4)(H,5,6)/t14-,16+;. The maximum Gasteiger partial charge on any atom is 0.414 e. The number of aryl methyl sites for hydroxylation is 1. The lowest BCUT2D eigenvalue weighted by Gasteiger charge is -2.28. The van der Waals surface area contributed by atoms with Crippen molar-refractivity contribution < 1.29 is 19.8 Å². The van der Waals surface area contributed by atoms with E-state index in [2.05, 4.69) is 51.9 Å². The fraction of sp³-hybridized carbons (Fsp3) is 0.429. The number of aliphatic carboxylic acids is 2. The molecule has 1 fully saturated rings. The van der Waals surface area contributed by atoms with E-state index < -0.39 is 11.9 Å². The molecule has 0 spiro atoms. The van der Waals surface area contributed by atoms with Crippen LogP contribution in [0.5, 0.6) is 0 Å². The fourth-order valence-corrected chi connectivity index (χ4v) is 3.97. The smallest absolute Gasteiger partial charge is 0.414 e. The molecular weight excluding hydrogens is 386 g/mol. The van der Waals surface area contributed by atoms with Crippen molar-refractivity contribution in [3.63, 3.8) is 0 Å². The molecule has 0 aliphatic heterocycles. The van der Waals surface area contributed by atoms with Crippen LogP contribution in [-0.2, 0) is 16.0 Å². The minimum atomic E-state index is -1.82. The van der Waals surface area contributed by atoms with Gasteiger partial charge in [-0.2, -0.15) is 0 Å². The Hall–Kier alpha value is -3.20. The van der Waals surface area contributed by atoms with E-state index in [1.807, 2.05) is 4.57 Å². The summed E-state index contributed by atoms with van der Waals surface area (Å²) in [6.45, 7) is 0. The number of benzene rings is 1. The van der Waals surface area contributed by atoms with Gasteiger partial charge in [0.2, 0.25) is 0 Å². The Morgan fingerprint density at radius 3 is 2.40 bits per heavy atom. The molecule has 9 nitrogen and oxygen atoms in total. The molecular formula is C21H27N5O4. The van der Waals surface area contributed by atoms with Gasteiger partial charge in [-0.3, -0.25) is 4.57 Å². The predicted octanol–water partition coefficient (Wildman–Crippen LogP) is 2.61. The lowest BCUT2D eigenvalue weighted by molar-refractivity contribution is -0.159. The first-order chi connectivity index (χ1) is 14.5. The average molecular weight is 413 g/mol. The lowest BCUT2D eigenvalue weighted by atomic mass is 9.83. The molecule has 4 N–H and O–H groups in total. The summed E-state index contributed by atoms with van der Waals surface area (Å²) in [6, 6.07) is 7.22. The molecule has 1 saturated carbocycles. The van der Waals surface area contributed by atoms with Gasteiger partial charge in [0.25, 0.3) is 0 Å². The topological polar surface area (TPSA) is 133 Å². The number of aromatic nitrogens is 4. The van der Waals surface area contributed by atoms with Gasteiger partial charge in [-0.15, -0.1) is 10.2 Å². The Kier molecular flexibility index (Phi) is 7.18. The number of nitrogens with one attached hydrogen (secondary N) is 2. The molecule has 2 heterocycles. The number of nitrogens with zero attached hydrogens (tertiary/aromatic N) is 3. The van der Waals surface area contributed by atoms with Crippen molar-refractivity contribution in [2.24, 2.45) is 5.92 Å². The number of fused-ring (bicyclic) bond motifs is 1. The summed E-state index contributed by atoms with van der Waals surface area (Å²) in [5.41, 5.74) is 3.75. The summed E-state index contributed by atoms with van der Waals surface area (Å²) in [7, 11) is 2.09. The van der Waals surface area contributed by atoms with Crippen LogP contribution < -0.4 is 5.32 Å². The average Bonchev–Trinajstić information content (AvgIpc) is 3.43. The summed E-state index contributed by atoms with van der Waals surface area (Å²) in [6.07, 6.45) is 13.5. The second-order valence-corrected chi connectivity index (χ2v) is 7.57. The van der Waals surface area contributed by atoms with Gasteiger partial charge in [0.15, 0.2) is 0 Å². The van der Waals surface area contributed by atoms with E-state index in [0.717, 1.165) is 24.1 Å². The quantitative estimate of drug-likeness (QED) is 0.473. The highest BCUT2D eigenvalue weighted by Gasteiger charge is 2.20. The molecule has 1 aliphatic rings. The van der Waals surface area contributed by atoms with E-state index >= 15 is 0 Å². The Morgan fingerprint density at radius 1 is 1.13 bits per heavy atom. The summed E-state index contributed by atoms with van der Waals surface area (Å²) >= 11 is 0. The zero-order valence-electron chi connectivity index (χ0n) is 16.9. The van der Waals surface area contributed by atoms with Crippen LogP contribution in [0.3, 0.4) is 0 Å². The lowest BCUT2D eigenvalue weighted by Crippen LogP contribution is -2.30. The van der Waals surface area contributed by atoms with E-state index in [4.69, 9.17) is 19.8 Å². The molecule has 0 atom stereocenters. The molecule has 1 aromatic carbocycles. The molecule has 0 amide bonds. The monoisotopic (exact) mass is 413 g/mol. The third-order valence-corrected chi connectivity index (χ3v) is 5.73. The SMILES string of the molecule is CN[C@H]1CC[C@@H](CCc2c[nH]c3ccc(-n4cnnc4)cc23)CC1.O=C(O)C(=O)O. The van der Waals surface area contributed by atoms with Crippen LogP contribution in [-0.4, -0.2) is 55.0 Å². The predicted molar refractivity (Wildman–Crippen MR) is 112 cm³/mol. The van der Waals surface area contributed by atoms with Crippen molar-refractivity contribution in [1.29, 1.82) is 0 Å². The number of carboxylic acid groups (broad SMARTS) is 2. The largest absolute Gasteiger partial charge is 0.473 e. The third-order valence-electron chi connectivity index (χ3n) is 5.73. The van der Waals surface area contributed by atoms with Crippen LogP contribution in [0.2, 0.25) is 0 Å². The van der Waals surface area contributed by atoms with Crippen LogP contribution in [0.4, 0.5) is 0 Å². The van der Waals surface area contributed by atoms with Crippen molar-refractivity contribution in [3.8, 4) is 5.69 Å². The first-order valence-electron chi connectivity index (χ1n) is 10.1. The van der Waals surface area contributed by atoms with Crippen LogP contribution >= 0.6 is 0 Å². The summed E-state index contributed by atoms with van der Waals surface area (Å²) in [5, 5.41) is 27.3. The first-order valence-corrected chi connectivity index (χ1v) is 10.1. The van der Waals surface area contributed by atoms with E-state index in [1.165, 1.54) is 48.6 Å². The van der Waals surface area contributed by atoms with Crippen molar-refractivity contribution in [1.82, 2.24) is 25.1 Å². The fourth-order valence-electron chi connectivity index (χ4n) is 3.97. The number of hydrogen-bond acceptors (Lipinski definition) is 5. The van der Waals surface area contributed by atoms with Gasteiger partial charge in [-0.1, -0.05) is 0 Å². The molecule has 0 radical (unpaired) electrons. The molecule has 0 bridgehead atoms. The van der Waals surface area contributed by atoms with Crippen LogP contribution in [0.15, 0.2) is 37.1 Å². The minimum Gasteiger partial charge on any atom is -0.473 e. The molecule has 0 unspecified atom stereocenters. The van der Waals surface area contributed by atoms with E-state index in [-0.39, 0.29) is 0 Å². The van der Waals surface area contributed by atoms with Gasteiger partial charge in [0.05, 0.1) is 0 Å². The molecule has 2 aromatic heterocycles. The Labute approximate surface area is 174 Å². The highest BCUT2D eigenvalue weighted by Crippen LogP contribution is 2.30. The highest BCUT2D eigenvalue weighted by atomic mass is 16.4. The molecule has 30 heavy (non-hydrogen) atoms. The number of rotatable bonds is 5. The van der Waals surface area contributed by atoms with Gasteiger partial charge in [-0.05, 0) is 75.3 Å². The number of hydrogen-bond donors (Lipinski definition) is 4. The summed E-state index contributed by atoms with van der Waals surface area (Å²) < 4.78 is 1.95. The minimum absolute atomic E-state index is 0.737. The molecule has 9 heteroatoms. The van der Waals surface area contributed by atoms with Crippen LogP contribution in [0.25, 0.3) is 16.6 Å². The first kappa shape index (κ1) is 21.5. The van der Waals surface area contributed by atoms with Crippen molar-refractivity contribution in [3.05, 3.63) is 42.6 Å². The van der Waals surface area contributed by atoms with Gasteiger partial charge >= 0.3 is 11.9 Å². The molecule has 160 valence electrons. The number of carbonyl (C=O) groups is 2. The zero-order valence-corrected chi connectivity index (χ0v) is 16.9. The molecule has 1 aliphatic carbocycles. The Morgan fingerprint density at radius 2 is 1.80 bits per heavy atom. The van der Waals surface area contributed by atoms with Gasteiger partial charge < -0.3 is 20.5 Å². The summed E-state index contributed by atoms with van der Waals surface area (Å²) in [5.74, 6) is -2.77. The Bertz CT molecular complexity index is 963. The molecule has 3 aromatic rings. The molecule has 4 rings (SSSR count).